The minimum Gasteiger partial charge on any atom is -0.358 e. The number of hydrogen-bond acceptors (Lipinski definition) is 5. The number of nitrogens with zero attached hydrogens (tertiary/aromatic N) is 3. The Balaban J connectivity index is 1.77. The lowest BCUT2D eigenvalue weighted by atomic mass is 10.2. The molecule has 6 nitrogen and oxygen atoms in total. The summed E-state index contributed by atoms with van der Waals surface area (Å²) in [5, 5.41) is 6.05. The fraction of sp³-hybridized carbons (Fsp3) is 0.200. The minimum atomic E-state index is -0.444. The molecule has 6 heteroatoms. The average Bonchev–Trinajstić information content (AvgIpc) is 2.69. The molecule has 26 heavy (non-hydrogen) atoms. The number of hydrogen-bond donors (Lipinski definition) is 2. The molecule has 0 saturated heterocycles. The molecular formula is C20H21N5O. The first-order valence-corrected chi connectivity index (χ1v) is 8.56. The van der Waals surface area contributed by atoms with Crippen molar-refractivity contribution in [3.63, 3.8) is 0 Å². The van der Waals surface area contributed by atoms with Crippen LogP contribution >= 0.6 is 0 Å². The number of rotatable bonds is 6. The van der Waals surface area contributed by atoms with Gasteiger partial charge in [-0.15, -0.1) is 0 Å². The van der Waals surface area contributed by atoms with E-state index in [9.17, 15) is 4.79 Å². The molecule has 2 N–H and O–H groups in total. The second-order valence-corrected chi connectivity index (χ2v) is 5.88. The SMILES string of the molecule is CCc1cc(NC(C)C(=O)Nc2ccccc2)nc(-c2ccncc2)n1. The van der Waals surface area contributed by atoms with E-state index in [0.717, 1.165) is 23.4 Å². The lowest BCUT2D eigenvalue weighted by molar-refractivity contribution is -0.116. The fourth-order valence-electron chi connectivity index (χ4n) is 2.44. The van der Waals surface area contributed by atoms with E-state index in [-0.39, 0.29) is 5.91 Å². The van der Waals surface area contributed by atoms with Gasteiger partial charge in [-0.2, -0.15) is 0 Å². The summed E-state index contributed by atoms with van der Waals surface area (Å²) in [5.74, 6) is 1.11. The number of amides is 1. The van der Waals surface area contributed by atoms with E-state index in [1.165, 1.54) is 0 Å². The highest BCUT2D eigenvalue weighted by Crippen LogP contribution is 2.18. The molecule has 3 rings (SSSR count). The van der Waals surface area contributed by atoms with Gasteiger partial charge in [0.15, 0.2) is 5.82 Å². The van der Waals surface area contributed by atoms with Crippen LogP contribution in [0.25, 0.3) is 11.4 Å². The maximum Gasteiger partial charge on any atom is 0.246 e. The number of carbonyl (C=O) groups excluding carboxylic acids is 1. The number of para-hydroxylation sites is 1. The summed E-state index contributed by atoms with van der Waals surface area (Å²) in [6.45, 7) is 3.84. The van der Waals surface area contributed by atoms with E-state index >= 15 is 0 Å². The Labute approximate surface area is 152 Å². The summed E-state index contributed by atoms with van der Waals surface area (Å²) in [6, 6.07) is 14.5. The molecule has 132 valence electrons. The quantitative estimate of drug-likeness (QED) is 0.713. The summed E-state index contributed by atoms with van der Waals surface area (Å²) in [7, 11) is 0. The molecule has 0 radical (unpaired) electrons. The number of aromatic nitrogens is 3. The Morgan fingerprint density at radius 3 is 2.50 bits per heavy atom. The number of pyridine rings is 1. The van der Waals surface area contributed by atoms with Gasteiger partial charge in [-0.05, 0) is 37.6 Å². The Morgan fingerprint density at radius 1 is 1.08 bits per heavy atom. The molecule has 0 spiro atoms. The highest BCUT2D eigenvalue weighted by Gasteiger charge is 2.15. The molecule has 2 aromatic heterocycles. The topological polar surface area (TPSA) is 79.8 Å². The van der Waals surface area contributed by atoms with E-state index in [4.69, 9.17) is 0 Å². The van der Waals surface area contributed by atoms with Gasteiger partial charge in [-0.1, -0.05) is 25.1 Å². The Bertz CT molecular complexity index is 868. The first-order chi connectivity index (χ1) is 12.7. The molecular weight excluding hydrogens is 326 g/mol. The van der Waals surface area contributed by atoms with Crippen LogP contribution in [-0.2, 0) is 11.2 Å². The van der Waals surface area contributed by atoms with Crippen LogP contribution in [0.15, 0.2) is 60.9 Å². The van der Waals surface area contributed by atoms with Crippen molar-refractivity contribution in [2.45, 2.75) is 26.3 Å². The molecule has 2 heterocycles. The van der Waals surface area contributed by atoms with E-state index in [2.05, 4.69) is 25.6 Å². The van der Waals surface area contributed by atoms with Gasteiger partial charge in [0, 0.05) is 35.4 Å². The van der Waals surface area contributed by atoms with Crippen molar-refractivity contribution in [2.24, 2.45) is 0 Å². The van der Waals surface area contributed by atoms with Crippen LogP contribution < -0.4 is 10.6 Å². The van der Waals surface area contributed by atoms with Gasteiger partial charge in [-0.25, -0.2) is 9.97 Å². The van der Waals surface area contributed by atoms with Crippen LogP contribution in [0.1, 0.15) is 19.5 Å². The van der Waals surface area contributed by atoms with Crippen molar-refractivity contribution in [2.75, 3.05) is 10.6 Å². The van der Waals surface area contributed by atoms with Gasteiger partial charge < -0.3 is 10.6 Å². The summed E-state index contributed by atoms with van der Waals surface area (Å²) in [5.41, 5.74) is 2.56. The molecule has 3 aromatic rings. The van der Waals surface area contributed by atoms with Gasteiger partial charge in [0.1, 0.15) is 11.9 Å². The first kappa shape index (κ1) is 17.5. The largest absolute Gasteiger partial charge is 0.358 e. The zero-order valence-corrected chi connectivity index (χ0v) is 14.8. The lowest BCUT2D eigenvalue weighted by Crippen LogP contribution is -2.32. The van der Waals surface area contributed by atoms with Gasteiger partial charge in [0.2, 0.25) is 5.91 Å². The van der Waals surface area contributed by atoms with Gasteiger partial charge >= 0.3 is 0 Å². The first-order valence-electron chi connectivity index (χ1n) is 8.56. The predicted octanol–water partition coefficient (Wildman–Crippen LogP) is 3.54. The zero-order valence-electron chi connectivity index (χ0n) is 14.8. The standard InChI is InChI=1S/C20H21N5O/c1-3-16-13-18(25-19(23-16)15-9-11-21-12-10-15)22-14(2)20(26)24-17-7-5-4-6-8-17/h4-14H,3H2,1-2H3,(H,24,26)(H,22,23,25). The molecule has 1 aromatic carbocycles. The number of carbonyl (C=O) groups is 1. The molecule has 0 aliphatic carbocycles. The van der Waals surface area contributed by atoms with Crippen molar-refractivity contribution in [1.82, 2.24) is 15.0 Å². The molecule has 0 aliphatic heterocycles. The molecule has 0 aliphatic rings. The molecule has 1 amide bonds. The van der Waals surface area contributed by atoms with Crippen LogP contribution in [-0.4, -0.2) is 26.9 Å². The van der Waals surface area contributed by atoms with E-state index in [1.54, 1.807) is 19.3 Å². The van der Waals surface area contributed by atoms with Gasteiger partial charge in [-0.3, -0.25) is 9.78 Å². The van der Waals surface area contributed by atoms with Crippen molar-refractivity contribution in [3.05, 3.63) is 66.6 Å². The van der Waals surface area contributed by atoms with E-state index < -0.39 is 6.04 Å². The van der Waals surface area contributed by atoms with Crippen LogP contribution in [0.2, 0.25) is 0 Å². The lowest BCUT2D eigenvalue weighted by Gasteiger charge is -2.16. The fourth-order valence-corrected chi connectivity index (χ4v) is 2.44. The van der Waals surface area contributed by atoms with Crippen LogP contribution in [0.4, 0.5) is 11.5 Å². The molecule has 0 saturated carbocycles. The third kappa shape index (κ3) is 4.42. The maximum absolute atomic E-state index is 12.4. The van der Waals surface area contributed by atoms with Crippen molar-refractivity contribution >= 4 is 17.4 Å². The number of anilines is 2. The van der Waals surface area contributed by atoms with E-state index in [0.29, 0.717) is 11.6 Å². The maximum atomic E-state index is 12.4. The zero-order chi connectivity index (χ0) is 18.4. The number of nitrogens with one attached hydrogen (secondary N) is 2. The van der Waals surface area contributed by atoms with Crippen LogP contribution in [0.5, 0.6) is 0 Å². The Hall–Kier alpha value is -3.28. The second-order valence-electron chi connectivity index (χ2n) is 5.88. The summed E-state index contributed by atoms with van der Waals surface area (Å²) < 4.78 is 0. The average molecular weight is 347 g/mol. The third-order valence-electron chi connectivity index (χ3n) is 3.88. The normalized spacial score (nSPS) is 11.6. The molecule has 1 unspecified atom stereocenters. The van der Waals surface area contributed by atoms with Crippen LogP contribution in [0.3, 0.4) is 0 Å². The summed E-state index contributed by atoms with van der Waals surface area (Å²) in [6.07, 6.45) is 4.20. The number of aryl methyl sites for hydroxylation is 1. The van der Waals surface area contributed by atoms with E-state index in [1.807, 2.05) is 55.5 Å². The van der Waals surface area contributed by atoms with Crippen molar-refractivity contribution in [1.29, 1.82) is 0 Å². The monoisotopic (exact) mass is 347 g/mol. The number of benzene rings is 1. The predicted molar refractivity (Wildman–Crippen MR) is 103 cm³/mol. The second kappa shape index (κ2) is 8.20. The smallest absolute Gasteiger partial charge is 0.246 e. The summed E-state index contributed by atoms with van der Waals surface area (Å²) >= 11 is 0. The van der Waals surface area contributed by atoms with Crippen molar-refractivity contribution < 1.29 is 4.79 Å². The van der Waals surface area contributed by atoms with Crippen LogP contribution in [0, 0.1) is 0 Å². The van der Waals surface area contributed by atoms with Gasteiger partial charge in [0.25, 0.3) is 0 Å². The highest BCUT2D eigenvalue weighted by atomic mass is 16.2. The highest BCUT2D eigenvalue weighted by molar-refractivity contribution is 5.96. The van der Waals surface area contributed by atoms with Crippen molar-refractivity contribution in [3.8, 4) is 11.4 Å². The molecule has 0 bridgehead atoms. The molecule has 0 fully saturated rings. The summed E-state index contributed by atoms with van der Waals surface area (Å²) in [4.78, 5) is 25.5. The third-order valence-corrected chi connectivity index (χ3v) is 3.88. The van der Waals surface area contributed by atoms with Gasteiger partial charge in [0.05, 0.1) is 0 Å². The Morgan fingerprint density at radius 2 is 1.81 bits per heavy atom. The molecule has 1 atom stereocenters. The Kier molecular flexibility index (Phi) is 5.53. The minimum absolute atomic E-state index is 0.127.